The van der Waals surface area contributed by atoms with Gasteiger partial charge in [-0.05, 0) is 39.8 Å². The van der Waals surface area contributed by atoms with Crippen molar-refractivity contribution in [3.8, 4) is 0 Å². The number of nitrogens with one attached hydrogen (secondary N) is 2. The van der Waals surface area contributed by atoms with E-state index in [1.807, 2.05) is 6.07 Å². The molecule has 0 saturated carbocycles. The lowest BCUT2D eigenvalue weighted by Gasteiger charge is -2.43. The summed E-state index contributed by atoms with van der Waals surface area (Å²) < 4.78 is 5.25. The van der Waals surface area contributed by atoms with Crippen molar-refractivity contribution in [1.29, 1.82) is 0 Å². The number of H-pyrrole nitrogens is 1. The van der Waals surface area contributed by atoms with Crippen molar-refractivity contribution in [3.63, 3.8) is 0 Å². The molecule has 1 aliphatic heterocycles. The van der Waals surface area contributed by atoms with Gasteiger partial charge >= 0.3 is 0 Å². The molecule has 0 aliphatic carbocycles. The van der Waals surface area contributed by atoms with Gasteiger partial charge in [-0.25, -0.2) is 0 Å². The molecular formula is C17H26N5O2+. The molecule has 0 bridgehead atoms. The van der Waals surface area contributed by atoms with Crippen molar-refractivity contribution in [1.82, 2.24) is 15.2 Å². The van der Waals surface area contributed by atoms with Gasteiger partial charge in [0.2, 0.25) is 5.95 Å². The summed E-state index contributed by atoms with van der Waals surface area (Å²) in [5.41, 5.74) is 0.413. The van der Waals surface area contributed by atoms with Crippen LogP contribution in [-0.2, 0) is 6.42 Å². The zero-order valence-electron chi connectivity index (χ0n) is 14.7. The van der Waals surface area contributed by atoms with Crippen LogP contribution in [0.5, 0.6) is 0 Å². The van der Waals surface area contributed by atoms with Crippen molar-refractivity contribution in [2.45, 2.75) is 64.1 Å². The maximum atomic E-state index is 12.2. The SMILES string of the molecule is CC1(C)CC(Nc2nnc(Cc3ccco3)c(=O)[nH]2)CC(C)(C)[NH2+]1. The number of nitrogens with zero attached hydrogens (tertiary/aromatic N) is 2. The molecule has 1 fully saturated rings. The predicted octanol–water partition coefficient (Wildman–Crippen LogP) is 1.04. The summed E-state index contributed by atoms with van der Waals surface area (Å²) in [4.78, 5) is 15.0. The Labute approximate surface area is 141 Å². The van der Waals surface area contributed by atoms with E-state index in [1.54, 1.807) is 12.3 Å². The van der Waals surface area contributed by atoms with E-state index in [-0.39, 0.29) is 22.7 Å². The normalized spacial score (nSPS) is 20.0. The first-order chi connectivity index (χ1) is 11.2. The first kappa shape index (κ1) is 16.7. The Morgan fingerprint density at radius 2 is 2.00 bits per heavy atom. The lowest BCUT2D eigenvalue weighted by Crippen LogP contribution is -3.06. The third kappa shape index (κ3) is 4.03. The Balaban J connectivity index is 1.72. The first-order valence-corrected chi connectivity index (χ1v) is 8.34. The van der Waals surface area contributed by atoms with Gasteiger partial charge in [0.05, 0.1) is 23.8 Å². The summed E-state index contributed by atoms with van der Waals surface area (Å²) in [5.74, 6) is 1.13. The molecule has 7 nitrogen and oxygen atoms in total. The first-order valence-electron chi connectivity index (χ1n) is 8.34. The van der Waals surface area contributed by atoms with E-state index in [4.69, 9.17) is 4.42 Å². The van der Waals surface area contributed by atoms with Crippen LogP contribution in [0.3, 0.4) is 0 Å². The minimum absolute atomic E-state index is 0.145. The number of hydrogen-bond acceptors (Lipinski definition) is 5. The summed E-state index contributed by atoms with van der Waals surface area (Å²) in [6, 6.07) is 3.85. The van der Waals surface area contributed by atoms with Crippen LogP contribution in [0, 0.1) is 0 Å². The maximum absolute atomic E-state index is 12.2. The molecule has 7 heteroatoms. The highest BCUT2D eigenvalue weighted by Crippen LogP contribution is 2.23. The fourth-order valence-electron chi connectivity index (χ4n) is 3.93. The summed E-state index contributed by atoms with van der Waals surface area (Å²) in [7, 11) is 0. The van der Waals surface area contributed by atoms with Crippen LogP contribution in [0.2, 0.25) is 0 Å². The van der Waals surface area contributed by atoms with Gasteiger partial charge < -0.3 is 15.1 Å². The lowest BCUT2D eigenvalue weighted by molar-refractivity contribution is -0.787. The van der Waals surface area contributed by atoms with Gasteiger partial charge in [0.1, 0.15) is 11.5 Å². The third-order valence-electron chi connectivity index (χ3n) is 4.35. The Kier molecular flexibility index (Phi) is 4.21. The maximum Gasteiger partial charge on any atom is 0.274 e. The Morgan fingerprint density at radius 1 is 1.29 bits per heavy atom. The van der Waals surface area contributed by atoms with E-state index in [2.05, 4.69) is 53.5 Å². The van der Waals surface area contributed by atoms with Gasteiger partial charge in [-0.2, -0.15) is 0 Å². The van der Waals surface area contributed by atoms with Crippen molar-refractivity contribution < 1.29 is 9.73 Å². The van der Waals surface area contributed by atoms with E-state index < -0.39 is 0 Å². The van der Waals surface area contributed by atoms with E-state index >= 15 is 0 Å². The zero-order valence-corrected chi connectivity index (χ0v) is 14.7. The number of piperidine rings is 1. The second-order valence-corrected chi connectivity index (χ2v) is 8.08. The van der Waals surface area contributed by atoms with Gasteiger partial charge in [0, 0.05) is 18.9 Å². The molecule has 3 rings (SSSR count). The van der Waals surface area contributed by atoms with Crippen LogP contribution in [0.1, 0.15) is 52.0 Å². The molecule has 0 aromatic carbocycles. The van der Waals surface area contributed by atoms with Crippen LogP contribution in [0.15, 0.2) is 27.6 Å². The topological polar surface area (TPSA) is 100 Å². The van der Waals surface area contributed by atoms with Crippen LogP contribution in [0.4, 0.5) is 5.95 Å². The van der Waals surface area contributed by atoms with Crippen molar-refractivity contribution in [2.24, 2.45) is 0 Å². The summed E-state index contributed by atoms with van der Waals surface area (Å²) in [6.07, 6.45) is 3.91. The molecule has 1 saturated heterocycles. The van der Waals surface area contributed by atoms with Crippen LogP contribution < -0.4 is 16.2 Å². The molecule has 4 N–H and O–H groups in total. The van der Waals surface area contributed by atoms with Gasteiger partial charge in [-0.1, -0.05) is 0 Å². The van der Waals surface area contributed by atoms with Crippen LogP contribution in [-0.4, -0.2) is 32.3 Å². The number of nitrogens with two attached hydrogens (primary N) is 1. The molecule has 0 spiro atoms. The second-order valence-electron chi connectivity index (χ2n) is 8.08. The number of aromatic nitrogens is 3. The highest BCUT2D eigenvalue weighted by atomic mass is 16.3. The molecule has 1 aliphatic rings. The zero-order chi connectivity index (χ0) is 17.4. The molecule has 2 aromatic heterocycles. The lowest BCUT2D eigenvalue weighted by atomic mass is 9.80. The third-order valence-corrected chi connectivity index (χ3v) is 4.35. The number of hydrogen-bond donors (Lipinski definition) is 3. The fraction of sp³-hybridized carbons (Fsp3) is 0.588. The van der Waals surface area contributed by atoms with Crippen molar-refractivity contribution in [2.75, 3.05) is 5.32 Å². The average Bonchev–Trinajstić information content (AvgIpc) is 2.91. The predicted molar refractivity (Wildman–Crippen MR) is 90.9 cm³/mol. The van der Waals surface area contributed by atoms with Crippen molar-refractivity contribution >= 4 is 5.95 Å². The monoisotopic (exact) mass is 332 g/mol. The number of anilines is 1. The average molecular weight is 332 g/mol. The number of furan rings is 1. The number of quaternary nitrogens is 1. The summed E-state index contributed by atoms with van der Waals surface area (Å²) in [6.45, 7) is 8.96. The molecule has 130 valence electrons. The minimum Gasteiger partial charge on any atom is -0.469 e. The molecule has 0 unspecified atom stereocenters. The van der Waals surface area contributed by atoms with E-state index in [1.165, 1.54) is 0 Å². The molecule has 0 atom stereocenters. The molecular weight excluding hydrogens is 306 g/mol. The summed E-state index contributed by atoms with van der Waals surface area (Å²) >= 11 is 0. The highest BCUT2D eigenvalue weighted by Gasteiger charge is 2.41. The standard InChI is InChI=1S/C17H25N5O2/c1-16(2)9-11(10-17(3,4)22-16)18-15-19-14(23)13(20-21-15)8-12-6-5-7-24-12/h5-7,11,22H,8-10H2,1-4H3,(H2,18,19,21,23)/p+1. The molecule has 24 heavy (non-hydrogen) atoms. The quantitative estimate of drug-likeness (QED) is 0.777. The van der Waals surface area contributed by atoms with Crippen molar-refractivity contribution in [3.05, 3.63) is 40.2 Å². The Bertz CT molecular complexity index is 733. The highest BCUT2D eigenvalue weighted by molar-refractivity contribution is 5.25. The fourth-order valence-corrected chi connectivity index (χ4v) is 3.93. The van der Waals surface area contributed by atoms with E-state index in [0.717, 1.165) is 12.8 Å². The molecule has 0 amide bonds. The number of rotatable bonds is 4. The minimum atomic E-state index is -0.232. The smallest absolute Gasteiger partial charge is 0.274 e. The van der Waals surface area contributed by atoms with Crippen LogP contribution >= 0.6 is 0 Å². The van der Waals surface area contributed by atoms with Gasteiger partial charge in [0.15, 0.2) is 0 Å². The van der Waals surface area contributed by atoms with Crippen LogP contribution in [0.25, 0.3) is 0 Å². The van der Waals surface area contributed by atoms with E-state index in [0.29, 0.717) is 23.8 Å². The largest absolute Gasteiger partial charge is 0.469 e. The number of aromatic amines is 1. The van der Waals surface area contributed by atoms with E-state index in [9.17, 15) is 4.79 Å². The molecule has 2 aromatic rings. The van der Waals surface area contributed by atoms with Gasteiger partial charge in [-0.15, -0.1) is 10.2 Å². The Hall–Kier alpha value is -2.15. The Morgan fingerprint density at radius 3 is 2.58 bits per heavy atom. The van der Waals surface area contributed by atoms with Gasteiger partial charge in [0.25, 0.3) is 5.56 Å². The second kappa shape index (κ2) is 6.05. The molecule has 0 radical (unpaired) electrons. The van der Waals surface area contributed by atoms with Gasteiger partial charge in [-0.3, -0.25) is 9.78 Å². The molecule has 3 heterocycles. The summed E-state index contributed by atoms with van der Waals surface area (Å²) in [5, 5.41) is 14.0.